The van der Waals surface area contributed by atoms with Crippen LogP contribution in [0, 0.1) is 0 Å². The maximum absolute atomic E-state index is 12.5. The Kier molecular flexibility index (Phi) is 3.74. The van der Waals surface area contributed by atoms with Gasteiger partial charge in [-0.3, -0.25) is 4.79 Å². The summed E-state index contributed by atoms with van der Waals surface area (Å²) in [6.07, 6.45) is 1.45. The standard InChI is InChI=1S/C14H10BrN5O/c15-10-6-7-13(20-9-16-18-19-20)12(8-10)14(21)17-11-4-2-1-3-5-11/h1-9H,(H,17,21). The first-order chi connectivity index (χ1) is 10.2. The fourth-order valence-corrected chi connectivity index (χ4v) is 2.24. The number of benzene rings is 2. The Morgan fingerprint density at radius 3 is 2.67 bits per heavy atom. The third-order valence-corrected chi connectivity index (χ3v) is 3.32. The zero-order valence-corrected chi connectivity index (χ0v) is 12.4. The molecule has 1 heterocycles. The van der Waals surface area contributed by atoms with Gasteiger partial charge in [-0.15, -0.1) is 5.10 Å². The molecule has 0 atom stereocenters. The molecule has 0 radical (unpaired) electrons. The SMILES string of the molecule is O=C(Nc1ccccc1)c1cc(Br)ccc1-n1cnnn1. The number of para-hydroxylation sites is 1. The number of hydrogen-bond acceptors (Lipinski definition) is 4. The summed E-state index contributed by atoms with van der Waals surface area (Å²) >= 11 is 3.37. The number of nitrogens with zero attached hydrogens (tertiary/aromatic N) is 4. The molecular formula is C14H10BrN5O. The van der Waals surface area contributed by atoms with Gasteiger partial charge in [0.2, 0.25) is 0 Å². The van der Waals surface area contributed by atoms with E-state index in [0.29, 0.717) is 11.3 Å². The molecule has 0 spiro atoms. The zero-order chi connectivity index (χ0) is 14.7. The maximum Gasteiger partial charge on any atom is 0.257 e. The predicted molar refractivity (Wildman–Crippen MR) is 81.2 cm³/mol. The van der Waals surface area contributed by atoms with Gasteiger partial charge in [-0.1, -0.05) is 34.1 Å². The number of nitrogens with one attached hydrogen (secondary N) is 1. The Hall–Kier alpha value is -2.54. The largest absolute Gasteiger partial charge is 0.322 e. The second-order valence-corrected chi connectivity index (χ2v) is 5.15. The molecule has 0 aliphatic heterocycles. The van der Waals surface area contributed by atoms with Gasteiger partial charge in [-0.25, -0.2) is 0 Å². The molecule has 3 aromatic rings. The molecule has 0 bridgehead atoms. The van der Waals surface area contributed by atoms with Crippen LogP contribution in [0.4, 0.5) is 5.69 Å². The minimum Gasteiger partial charge on any atom is -0.322 e. The van der Waals surface area contributed by atoms with Crippen molar-refractivity contribution in [2.75, 3.05) is 5.32 Å². The van der Waals surface area contributed by atoms with Gasteiger partial charge >= 0.3 is 0 Å². The second kappa shape index (κ2) is 5.84. The van der Waals surface area contributed by atoms with Crippen molar-refractivity contribution < 1.29 is 4.79 Å². The van der Waals surface area contributed by atoms with Crippen LogP contribution in [0.5, 0.6) is 0 Å². The van der Waals surface area contributed by atoms with E-state index in [-0.39, 0.29) is 5.91 Å². The number of aromatic nitrogens is 4. The number of tetrazole rings is 1. The first-order valence-corrected chi connectivity index (χ1v) is 6.92. The highest BCUT2D eigenvalue weighted by Gasteiger charge is 2.14. The van der Waals surface area contributed by atoms with Gasteiger partial charge in [0, 0.05) is 10.2 Å². The molecule has 0 unspecified atom stereocenters. The molecule has 0 saturated carbocycles. The highest BCUT2D eigenvalue weighted by Crippen LogP contribution is 2.20. The third-order valence-electron chi connectivity index (χ3n) is 2.83. The molecular weight excluding hydrogens is 334 g/mol. The number of amides is 1. The van der Waals surface area contributed by atoms with Crippen LogP contribution in [0.2, 0.25) is 0 Å². The summed E-state index contributed by atoms with van der Waals surface area (Å²) in [7, 11) is 0. The van der Waals surface area contributed by atoms with Crippen LogP contribution in [0.3, 0.4) is 0 Å². The van der Waals surface area contributed by atoms with Crippen LogP contribution < -0.4 is 5.32 Å². The number of rotatable bonds is 3. The fourth-order valence-electron chi connectivity index (χ4n) is 1.88. The summed E-state index contributed by atoms with van der Waals surface area (Å²) in [5.41, 5.74) is 1.81. The molecule has 0 aliphatic rings. The van der Waals surface area contributed by atoms with Crippen LogP contribution in [0.1, 0.15) is 10.4 Å². The van der Waals surface area contributed by atoms with Crippen LogP contribution >= 0.6 is 15.9 Å². The van der Waals surface area contributed by atoms with Crippen LogP contribution in [0.25, 0.3) is 5.69 Å². The van der Waals surface area contributed by atoms with Gasteiger partial charge in [-0.2, -0.15) is 4.68 Å². The minimum atomic E-state index is -0.229. The summed E-state index contributed by atoms with van der Waals surface area (Å²) in [6.45, 7) is 0. The van der Waals surface area contributed by atoms with Crippen molar-refractivity contribution in [1.82, 2.24) is 20.2 Å². The molecule has 7 heteroatoms. The molecule has 2 aromatic carbocycles. The Balaban J connectivity index is 1.97. The average Bonchev–Trinajstić information content (AvgIpc) is 3.02. The fraction of sp³-hybridized carbons (Fsp3) is 0. The molecule has 3 rings (SSSR count). The molecule has 6 nitrogen and oxygen atoms in total. The molecule has 0 aliphatic carbocycles. The lowest BCUT2D eigenvalue weighted by molar-refractivity contribution is 0.102. The normalized spacial score (nSPS) is 10.3. The summed E-state index contributed by atoms with van der Waals surface area (Å²) in [4.78, 5) is 12.5. The highest BCUT2D eigenvalue weighted by molar-refractivity contribution is 9.10. The number of hydrogen-bond donors (Lipinski definition) is 1. The first kappa shape index (κ1) is 13.4. The van der Waals surface area contributed by atoms with Crippen molar-refractivity contribution in [2.45, 2.75) is 0 Å². The monoisotopic (exact) mass is 343 g/mol. The summed E-state index contributed by atoms with van der Waals surface area (Å²) in [5, 5.41) is 13.9. The zero-order valence-electron chi connectivity index (χ0n) is 10.8. The molecule has 0 fully saturated rings. The summed E-state index contributed by atoms with van der Waals surface area (Å²) in [5.74, 6) is -0.229. The van der Waals surface area contributed by atoms with Gasteiger partial charge in [0.15, 0.2) is 0 Å². The Bertz CT molecular complexity index is 758. The predicted octanol–water partition coefficient (Wildman–Crippen LogP) is 2.68. The van der Waals surface area contributed by atoms with Crippen molar-refractivity contribution in [2.24, 2.45) is 0 Å². The Morgan fingerprint density at radius 2 is 1.95 bits per heavy atom. The first-order valence-electron chi connectivity index (χ1n) is 6.13. The van der Waals surface area contributed by atoms with E-state index in [1.807, 2.05) is 36.4 Å². The lowest BCUT2D eigenvalue weighted by atomic mass is 10.1. The lowest BCUT2D eigenvalue weighted by Gasteiger charge is -2.10. The van der Waals surface area contributed by atoms with Crippen molar-refractivity contribution in [1.29, 1.82) is 0 Å². The van der Waals surface area contributed by atoms with E-state index >= 15 is 0 Å². The van der Waals surface area contributed by atoms with E-state index in [2.05, 4.69) is 36.8 Å². The van der Waals surface area contributed by atoms with E-state index < -0.39 is 0 Å². The lowest BCUT2D eigenvalue weighted by Crippen LogP contribution is -2.15. The van der Waals surface area contributed by atoms with Gasteiger partial charge in [0.05, 0.1) is 11.3 Å². The number of anilines is 1. The van der Waals surface area contributed by atoms with Crippen LogP contribution in [0.15, 0.2) is 59.3 Å². The van der Waals surface area contributed by atoms with Crippen molar-refractivity contribution >= 4 is 27.5 Å². The van der Waals surface area contributed by atoms with Crippen molar-refractivity contribution in [3.63, 3.8) is 0 Å². The molecule has 0 saturated heterocycles. The van der Waals surface area contributed by atoms with E-state index in [4.69, 9.17) is 0 Å². The molecule has 21 heavy (non-hydrogen) atoms. The van der Waals surface area contributed by atoms with Gasteiger partial charge in [0.1, 0.15) is 6.33 Å². The minimum absolute atomic E-state index is 0.229. The van der Waals surface area contributed by atoms with E-state index in [1.165, 1.54) is 11.0 Å². The van der Waals surface area contributed by atoms with Gasteiger partial charge in [0.25, 0.3) is 5.91 Å². The molecule has 1 aromatic heterocycles. The topological polar surface area (TPSA) is 72.7 Å². The molecule has 104 valence electrons. The number of carbonyl (C=O) groups is 1. The van der Waals surface area contributed by atoms with Gasteiger partial charge < -0.3 is 5.32 Å². The molecule has 1 N–H and O–H groups in total. The number of carbonyl (C=O) groups excluding carboxylic acids is 1. The second-order valence-electron chi connectivity index (χ2n) is 4.24. The Labute approximate surface area is 128 Å². The third kappa shape index (κ3) is 2.97. The smallest absolute Gasteiger partial charge is 0.257 e. The van der Waals surface area contributed by atoms with Crippen LogP contribution in [-0.4, -0.2) is 26.1 Å². The van der Waals surface area contributed by atoms with E-state index in [1.54, 1.807) is 12.1 Å². The number of halogens is 1. The van der Waals surface area contributed by atoms with E-state index in [0.717, 1.165) is 10.2 Å². The highest BCUT2D eigenvalue weighted by atomic mass is 79.9. The van der Waals surface area contributed by atoms with E-state index in [9.17, 15) is 4.79 Å². The van der Waals surface area contributed by atoms with Crippen molar-refractivity contribution in [3.8, 4) is 5.69 Å². The van der Waals surface area contributed by atoms with Gasteiger partial charge in [-0.05, 0) is 40.8 Å². The quantitative estimate of drug-likeness (QED) is 0.793. The average molecular weight is 344 g/mol. The van der Waals surface area contributed by atoms with Crippen molar-refractivity contribution in [3.05, 3.63) is 64.9 Å². The Morgan fingerprint density at radius 1 is 1.14 bits per heavy atom. The summed E-state index contributed by atoms with van der Waals surface area (Å²) < 4.78 is 2.25. The van der Waals surface area contributed by atoms with Crippen LogP contribution in [-0.2, 0) is 0 Å². The summed E-state index contributed by atoms with van der Waals surface area (Å²) in [6, 6.07) is 14.6. The maximum atomic E-state index is 12.5. The molecule has 1 amide bonds.